The lowest BCUT2D eigenvalue weighted by atomic mass is 9.89. The van der Waals surface area contributed by atoms with Crippen LogP contribution in [0.2, 0.25) is 0 Å². The first-order chi connectivity index (χ1) is 10.9. The summed E-state index contributed by atoms with van der Waals surface area (Å²) in [6, 6.07) is 4.45. The van der Waals surface area contributed by atoms with Crippen molar-refractivity contribution in [3.05, 3.63) is 52.6 Å². The molecule has 2 heteroatoms. The Morgan fingerprint density at radius 3 is 2.70 bits per heavy atom. The number of carbonyl (C=O) groups is 1. The van der Waals surface area contributed by atoms with E-state index < -0.39 is 5.60 Å². The second-order valence-corrected chi connectivity index (χ2v) is 7.49. The van der Waals surface area contributed by atoms with Gasteiger partial charge in [0.25, 0.3) is 0 Å². The van der Waals surface area contributed by atoms with Gasteiger partial charge in [-0.1, -0.05) is 30.4 Å². The van der Waals surface area contributed by atoms with Crippen LogP contribution < -0.4 is 0 Å². The molecule has 0 unspecified atom stereocenters. The number of carbonyl (C=O) groups excluding carboxylic acids is 1. The Bertz CT molecular complexity index is 672. The predicted molar refractivity (Wildman–Crippen MR) is 94.4 cm³/mol. The molecular weight excluding hydrogens is 284 g/mol. The first-order valence-corrected chi connectivity index (χ1v) is 8.66. The number of benzene rings is 1. The Kier molecular flexibility index (Phi) is 4.43. The van der Waals surface area contributed by atoms with Gasteiger partial charge >= 0.3 is 5.97 Å². The van der Waals surface area contributed by atoms with Gasteiger partial charge < -0.3 is 4.74 Å². The summed E-state index contributed by atoms with van der Waals surface area (Å²) < 4.78 is 5.57. The smallest absolute Gasteiger partial charge is 0.310 e. The average molecular weight is 310 g/mol. The number of ether oxygens (including phenoxy) is 1. The Hall–Kier alpha value is -1.83. The van der Waals surface area contributed by atoms with Gasteiger partial charge in [-0.3, -0.25) is 4.79 Å². The van der Waals surface area contributed by atoms with Gasteiger partial charge in [-0.15, -0.1) is 0 Å². The second kappa shape index (κ2) is 6.35. The molecule has 3 rings (SSSR count). The van der Waals surface area contributed by atoms with Crippen LogP contribution in [0, 0.1) is 0 Å². The molecule has 1 aromatic rings. The standard InChI is InChI=1S/C21H26O2/c1-21(2,3)23-20(22)14-19-17-11-7-10-16(17)12-13-18(19)15-8-5-4-6-9-15/h5,8-9,12-13H,4,6-7,10-11,14H2,1-3H3. The quantitative estimate of drug-likeness (QED) is 0.750. The summed E-state index contributed by atoms with van der Waals surface area (Å²) in [6.07, 6.45) is 12.7. The molecular formula is C21H26O2. The molecule has 0 bridgehead atoms. The lowest BCUT2D eigenvalue weighted by Gasteiger charge is -2.21. The van der Waals surface area contributed by atoms with Gasteiger partial charge in [0, 0.05) is 0 Å². The molecule has 23 heavy (non-hydrogen) atoms. The van der Waals surface area contributed by atoms with Crippen molar-refractivity contribution in [1.29, 1.82) is 0 Å². The third kappa shape index (κ3) is 3.74. The number of hydrogen-bond acceptors (Lipinski definition) is 2. The van der Waals surface area contributed by atoms with Crippen LogP contribution in [0.3, 0.4) is 0 Å². The maximum absolute atomic E-state index is 12.4. The van der Waals surface area contributed by atoms with E-state index in [2.05, 4.69) is 30.4 Å². The normalized spacial score (nSPS) is 16.9. The number of aryl methyl sites for hydroxylation is 1. The number of hydrogen-bond donors (Lipinski definition) is 0. The zero-order chi connectivity index (χ0) is 16.4. The van der Waals surface area contributed by atoms with E-state index in [-0.39, 0.29) is 5.97 Å². The molecule has 0 radical (unpaired) electrons. The van der Waals surface area contributed by atoms with E-state index >= 15 is 0 Å². The summed E-state index contributed by atoms with van der Waals surface area (Å²) in [6.45, 7) is 5.77. The highest BCUT2D eigenvalue weighted by atomic mass is 16.6. The summed E-state index contributed by atoms with van der Waals surface area (Å²) in [5.74, 6) is -0.126. The van der Waals surface area contributed by atoms with Gasteiger partial charge in [0.05, 0.1) is 6.42 Å². The molecule has 2 aliphatic rings. The Morgan fingerprint density at radius 1 is 1.17 bits per heavy atom. The minimum Gasteiger partial charge on any atom is -0.460 e. The predicted octanol–water partition coefficient (Wildman–Crippen LogP) is 4.79. The second-order valence-electron chi connectivity index (χ2n) is 7.49. The van der Waals surface area contributed by atoms with Crippen LogP contribution in [-0.2, 0) is 28.8 Å². The van der Waals surface area contributed by atoms with E-state index in [4.69, 9.17) is 4.74 Å². The highest BCUT2D eigenvalue weighted by Crippen LogP contribution is 2.33. The molecule has 0 fully saturated rings. The molecule has 0 spiro atoms. The van der Waals surface area contributed by atoms with Crippen molar-refractivity contribution in [2.75, 3.05) is 0 Å². The molecule has 0 atom stereocenters. The molecule has 0 aromatic heterocycles. The number of esters is 1. The van der Waals surface area contributed by atoms with Crippen molar-refractivity contribution >= 4 is 11.5 Å². The molecule has 0 N–H and O–H groups in total. The SMILES string of the molecule is CC(C)(C)OC(=O)Cc1c(C2=CCCC=C2)ccc2c1CCC2. The van der Waals surface area contributed by atoms with Crippen molar-refractivity contribution in [2.45, 2.75) is 64.9 Å². The summed E-state index contributed by atoms with van der Waals surface area (Å²) >= 11 is 0. The zero-order valence-corrected chi connectivity index (χ0v) is 14.4. The number of rotatable bonds is 3. The molecule has 0 saturated carbocycles. The highest BCUT2D eigenvalue weighted by Gasteiger charge is 2.23. The van der Waals surface area contributed by atoms with Crippen molar-refractivity contribution in [3.63, 3.8) is 0 Å². The fourth-order valence-electron chi connectivity index (χ4n) is 3.55. The molecule has 0 heterocycles. The van der Waals surface area contributed by atoms with Gasteiger partial charge in [-0.05, 0) is 80.7 Å². The molecule has 122 valence electrons. The number of allylic oxidation sites excluding steroid dienone is 4. The van der Waals surface area contributed by atoms with Gasteiger partial charge in [0.2, 0.25) is 0 Å². The van der Waals surface area contributed by atoms with Gasteiger partial charge in [0.15, 0.2) is 0 Å². The van der Waals surface area contributed by atoms with Crippen molar-refractivity contribution in [3.8, 4) is 0 Å². The summed E-state index contributed by atoms with van der Waals surface area (Å²) in [5.41, 5.74) is 6.02. The van der Waals surface area contributed by atoms with Crippen LogP contribution >= 0.6 is 0 Å². The molecule has 1 aromatic carbocycles. The molecule has 0 aliphatic heterocycles. The molecule has 2 aliphatic carbocycles. The molecule has 0 amide bonds. The zero-order valence-electron chi connectivity index (χ0n) is 14.4. The van der Waals surface area contributed by atoms with Crippen LogP contribution in [0.1, 0.15) is 62.3 Å². The lowest BCUT2D eigenvalue weighted by Crippen LogP contribution is -2.25. The van der Waals surface area contributed by atoms with E-state index in [0.29, 0.717) is 6.42 Å². The Labute approximate surface area is 139 Å². The fraction of sp³-hybridized carbons (Fsp3) is 0.476. The van der Waals surface area contributed by atoms with Crippen molar-refractivity contribution in [2.24, 2.45) is 0 Å². The molecule has 2 nitrogen and oxygen atoms in total. The summed E-state index contributed by atoms with van der Waals surface area (Å²) in [4.78, 5) is 12.4. The van der Waals surface area contributed by atoms with E-state index in [9.17, 15) is 4.79 Å². The largest absolute Gasteiger partial charge is 0.460 e. The highest BCUT2D eigenvalue weighted by molar-refractivity contribution is 5.82. The van der Waals surface area contributed by atoms with Crippen molar-refractivity contribution < 1.29 is 9.53 Å². The maximum atomic E-state index is 12.4. The fourth-order valence-corrected chi connectivity index (χ4v) is 3.55. The topological polar surface area (TPSA) is 26.3 Å². The average Bonchev–Trinajstić information content (AvgIpc) is 2.95. The van der Waals surface area contributed by atoms with Crippen LogP contribution in [-0.4, -0.2) is 11.6 Å². The minimum atomic E-state index is -0.431. The lowest BCUT2D eigenvalue weighted by molar-refractivity contribution is -0.153. The van der Waals surface area contributed by atoms with Crippen LogP contribution in [0.5, 0.6) is 0 Å². The maximum Gasteiger partial charge on any atom is 0.310 e. The van der Waals surface area contributed by atoms with E-state index in [1.165, 1.54) is 34.2 Å². The van der Waals surface area contributed by atoms with E-state index in [0.717, 1.165) is 25.7 Å². The summed E-state index contributed by atoms with van der Waals surface area (Å²) in [7, 11) is 0. The Morgan fingerprint density at radius 2 is 2.00 bits per heavy atom. The monoisotopic (exact) mass is 310 g/mol. The first-order valence-electron chi connectivity index (χ1n) is 8.66. The number of fused-ring (bicyclic) bond motifs is 1. The first kappa shape index (κ1) is 16.0. The third-order valence-corrected chi connectivity index (χ3v) is 4.45. The van der Waals surface area contributed by atoms with Gasteiger partial charge in [-0.25, -0.2) is 0 Å². The minimum absolute atomic E-state index is 0.126. The van der Waals surface area contributed by atoms with Crippen LogP contribution in [0.25, 0.3) is 5.57 Å². The van der Waals surface area contributed by atoms with Crippen molar-refractivity contribution in [1.82, 2.24) is 0 Å². The van der Waals surface area contributed by atoms with Crippen LogP contribution in [0.4, 0.5) is 0 Å². The third-order valence-electron chi connectivity index (χ3n) is 4.45. The summed E-state index contributed by atoms with van der Waals surface area (Å²) in [5, 5.41) is 0. The van der Waals surface area contributed by atoms with E-state index in [1.807, 2.05) is 20.8 Å². The van der Waals surface area contributed by atoms with Gasteiger partial charge in [-0.2, -0.15) is 0 Å². The van der Waals surface area contributed by atoms with Crippen LogP contribution in [0.15, 0.2) is 30.4 Å². The Balaban J connectivity index is 1.96. The van der Waals surface area contributed by atoms with E-state index in [1.54, 1.807) is 0 Å². The molecule has 0 saturated heterocycles. The van der Waals surface area contributed by atoms with Gasteiger partial charge in [0.1, 0.15) is 5.60 Å².